The zero-order valence-corrected chi connectivity index (χ0v) is 7.14. The van der Waals surface area contributed by atoms with Gasteiger partial charge in [0.15, 0.2) is 0 Å². The van der Waals surface area contributed by atoms with Crippen molar-refractivity contribution in [1.82, 2.24) is 0 Å². The predicted molar refractivity (Wildman–Crippen MR) is 52.4 cm³/mol. The number of hydrogen-bond acceptors (Lipinski definition) is 3. The van der Waals surface area contributed by atoms with Gasteiger partial charge in [-0.05, 0) is 6.07 Å². The molecule has 0 unspecified atom stereocenters. The van der Waals surface area contributed by atoms with Crippen LogP contribution >= 0.6 is 0 Å². The number of nitrogens with zero attached hydrogens (tertiary/aromatic N) is 3. The van der Waals surface area contributed by atoms with Gasteiger partial charge in [-0.1, -0.05) is 6.07 Å². The number of carbonyl (C=O) groups is 1. The molecule has 2 aliphatic rings. The van der Waals surface area contributed by atoms with Gasteiger partial charge in [-0.2, -0.15) is 0 Å². The van der Waals surface area contributed by atoms with Crippen LogP contribution in [0.4, 0.5) is 5.69 Å². The number of rotatable bonds is 0. The Balaban J connectivity index is 2.51. The lowest BCUT2D eigenvalue weighted by molar-refractivity contribution is -0.111. The lowest BCUT2D eigenvalue weighted by Gasteiger charge is -2.00. The summed E-state index contributed by atoms with van der Waals surface area (Å²) in [5.41, 5.74) is 1.71. The maximum atomic E-state index is 11.1. The lowest BCUT2D eigenvalue weighted by atomic mass is 10.1. The maximum Gasteiger partial charge on any atom is 0.288 e. The Morgan fingerprint density at radius 2 is 2.07 bits per heavy atom. The number of fused-ring (bicyclic) bond motifs is 3. The normalized spacial score (nSPS) is 15.9. The quantitative estimate of drug-likeness (QED) is 0.545. The molecule has 0 fully saturated rings. The fraction of sp³-hybridized carbons (Fsp3) is 0. The molecule has 4 heteroatoms. The molecule has 0 N–H and O–H groups in total. The molecule has 0 aromatic heterocycles. The molecule has 1 amide bonds. The fourth-order valence-corrected chi connectivity index (χ4v) is 1.54. The van der Waals surface area contributed by atoms with E-state index < -0.39 is 0 Å². The first-order chi connectivity index (χ1) is 6.84. The van der Waals surface area contributed by atoms with Crippen molar-refractivity contribution in [2.45, 2.75) is 0 Å². The Morgan fingerprint density at radius 1 is 1.14 bits per heavy atom. The summed E-state index contributed by atoms with van der Waals surface area (Å²) in [5, 5.41) is 1.51. The highest BCUT2D eigenvalue weighted by Gasteiger charge is 2.09. The summed E-state index contributed by atoms with van der Waals surface area (Å²) < 4.78 is 0. The molecule has 0 aliphatic carbocycles. The third kappa shape index (κ3) is 0.877. The minimum atomic E-state index is -0.314. The first kappa shape index (κ1) is 7.32. The summed E-state index contributed by atoms with van der Waals surface area (Å²) >= 11 is 0. The molecule has 1 aromatic carbocycles. The topological polar surface area (TPSA) is 54.1 Å². The van der Waals surface area contributed by atoms with E-state index in [1.807, 2.05) is 12.1 Å². The number of amides is 1. The molecule has 0 saturated carbocycles. The molecular formula is C10H5N3O. The molecule has 0 spiro atoms. The van der Waals surface area contributed by atoms with Gasteiger partial charge in [0.1, 0.15) is 5.36 Å². The molecule has 0 bridgehead atoms. The van der Waals surface area contributed by atoms with Crippen LogP contribution in [0.1, 0.15) is 5.56 Å². The van der Waals surface area contributed by atoms with E-state index in [-0.39, 0.29) is 5.91 Å². The van der Waals surface area contributed by atoms with Crippen molar-refractivity contribution in [2.24, 2.45) is 15.0 Å². The van der Waals surface area contributed by atoms with E-state index in [1.165, 1.54) is 6.21 Å². The highest BCUT2D eigenvalue weighted by Crippen LogP contribution is 2.06. The van der Waals surface area contributed by atoms with Crippen LogP contribution in [0.3, 0.4) is 0 Å². The van der Waals surface area contributed by atoms with E-state index in [4.69, 9.17) is 0 Å². The smallest absolute Gasteiger partial charge is 0.266 e. The second-order valence-corrected chi connectivity index (χ2v) is 3.05. The van der Waals surface area contributed by atoms with Gasteiger partial charge in [0.2, 0.25) is 0 Å². The van der Waals surface area contributed by atoms with Crippen LogP contribution in [0, 0.1) is 0 Å². The first-order valence-electron chi connectivity index (χ1n) is 4.18. The first-order valence-corrected chi connectivity index (χ1v) is 4.18. The lowest BCUT2D eigenvalue weighted by Crippen LogP contribution is -2.30. The zero-order valence-electron chi connectivity index (χ0n) is 7.14. The molecule has 2 heterocycles. The van der Waals surface area contributed by atoms with E-state index in [2.05, 4.69) is 15.0 Å². The zero-order chi connectivity index (χ0) is 9.54. The third-order valence-electron chi connectivity index (χ3n) is 2.18. The van der Waals surface area contributed by atoms with Crippen molar-refractivity contribution in [1.29, 1.82) is 0 Å². The van der Waals surface area contributed by atoms with Crippen LogP contribution in [0.25, 0.3) is 6.20 Å². The molecule has 4 nitrogen and oxygen atoms in total. The van der Waals surface area contributed by atoms with Crippen LogP contribution < -0.4 is 10.6 Å². The number of carbonyl (C=O) groups excluding carboxylic acids is 1. The van der Waals surface area contributed by atoms with Crippen molar-refractivity contribution in [3.8, 4) is 0 Å². The van der Waals surface area contributed by atoms with E-state index in [9.17, 15) is 4.79 Å². The van der Waals surface area contributed by atoms with Gasteiger partial charge in [0, 0.05) is 23.2 Å². The van der Waals surface area contributed by atoms with Gasteiger partial charge in [0.25, 0.3) is 5.91 Å². The number of hydrogen-bond donors (Lipinski definition) is 0. The predicted octanol–water partition coefficient (Wildman–Crippen LogP) is -0.281. The summed E-state index contributed by atoms with van der Waals surface area (Å²) in [6.45, 7) is 0. The Bertz CT molecular complexity index is 611. The standard InChI is InChI=1S/C10H5N3O/c14-9-5-12-8-2-1-6-3-11-4-7(6)10(8)13-9/h1-5H. The highest BCUT2D eigenvalue weighted by atomic mass is 16.1. The molecule has 0 atom stereocenters. The minimum absolute atomic E-state index is 0.314. The molecule has 14 heavy (non-hydrogen) atoms. The SMILES string of the molecule is O=C1C=Nc2ccc3c(c2=N1)=CN=C3. The van der Waals surface area contributed by atoms with Crippen LogP contribution in [0.15, 0.2) is 27.1 Å². The highest BCUT2D eigenvalue weighted by molar-refractivity contribution is 6.27. The summed E-state index contributed by atoms with van der Waals surface area (Å²) in [6.07, 6.45) is 4.67. The number of benzene rings is 1. The van der Waals surface area contributed by atoms with E-state index in [0.717, 1.165) is 16.5 Å². The van der Waals surface area contributed by atoms with Gasteiger partial charge in [-0.3, -0.25) is 9.79 Å². The average Bonchev–Trinajstić information content (AvgIpc) is 2.65. The number of aliphatic imine (C=N–C) groups is 2. The molecule has 66 valence electrons. The van der Waals surface area contributed by atoms with Crippen molar-refractivity contribution >= 4 is 30.2 Å². The van der Waals surface area contributed by atoms with Crippen LogP contribution in [-0.4, -0.2) is 18.3 Å². The van der Waals surface area contributed by atoms with Crippen molar-refractivity contribution < 1.29 is 4.79 Å². The van der Waals surface area contributed by atoms with E-state index in [1.54, 1.807) is 12.4 Å². The van der Waals surface area contributed by atoms with Crippen molar-refractivity contribution in [2.75, 3.05) is 0 Å². The van der Waals surface area contributed by atoms with Crippen LogP contribution in [0.2, 0.25) is 0 Å². The second-order valence-electron chi connectivity index (χ2n) is 3.05. The van der Waals surface area contributed by atoms with Crippen LogP contribution in [0.5, 0.6) is 0 Å². The summed E-state index contributed by atoms with van der Waals surface area (Å²) in [4.78, 5) is 23.0. The Morgan fingerprint density at radius 3 is 3.00 bits per heavy atom. The van der Waals surface area contributed by atoms with Gasteiger partial charge in [0.05, 0.1) is 11.9 Å². The summed E-state index contributed by atoms with van der Waals surface area (Å²) in [5.74, 6) is -0.314. The second kappa shape index (κ2) is 2.45. The molecule has 2 aliphatic heterocycles. The maximum absolute atomic E-state index is 11.1. The Labute approximate surface area is 79.0 Å². The van der Waals surface area contributed by atoms with E-state index >= 15 is 0 Å². The Kier molecular flexibility index (Phi) is 1.28. The fourth-order valence-electron chi connectivity index (χ4n) is 1.54. The van der Waals surface area contributed by atoms with Crippen molar-refractivity contribution in [3.63, 3.8) is 0 Å². The van der Waals surface area contributed by atoms with Gasteiger partial charge < -0.3 is 0 Å². The summed E-state index contributed by atoms with van der Waals surface area (Å²) in [7, 11) is 0. The molecule has 0 saturated heterocycles. The molecule has 1 aromatic rings. The monoisotopic (exact) mass is 183 g/mol. The minimum Gasteiger partial charge on any atom is -0.266 e. The van der Waals surface area contributed by atoms with E-state index in [0.29, 0.717) is 5.36 Å². The van der Waals surface area contributed by atoms with Gasteiger partial charge in [-0.15, -0.1) is 0 Å². The Hall–Kier alpha value is -2.10. The molecular weight excluding hydrogens is 178 g/mol. The van der Waals surface area contributed by atoms with Gasteiger partial charge in [-0.25, -0.2) is 9.98 Å². The molecule has 0 radical (unpaired) electrons. The van der Waals surface area contributed by atoms with Crippen LogP contribution in [-0.2, 0) is 4.79 Å². The third-order valence-corrected chi connectivity index (χ3v) is 2.18. The average molecular weight is 183 g/mol. The van der Waals surface area contributed by atoms with Gasteiger partial charge >= 0.3 is 0 Å². The summed E-state index contributed by atoms with van der Waals surface area (Å²) in [6, 6.07) is 3.76. The molecule has 3 rings (SSSR count). The van der Waals surface area contributed by atoms with Crippen molar-refractivity contribution in [3.05, 3.63) is 28.3 Å². The largest absolute Gasteiger partial charge is 0.288 e.